The van der Waals surface area contributed by atoms with E-state index in [0.717, 1.165) is 0 Å². The number of aromatic nitrogens is 2. The van der Waals surface area contributed by atoms with Crippen molar-refractivity contribution in [3.63, 3.8) is 0 Å². The molecule has 0 amide bonds. The van der Waals surface area contributed by atoms with Gasteiger partial charge in [-0.2, -0.15) is 0 Å². The average molecular weight is 243 g/mol. The molecule has 0 atom stereocenters. The van der Waals surface area contributed by atoms with Crippen LogP contribution in [-0.2, 0) is 4.79 Å². The normalized spacial score (nSPS) is 6.25. The maximum Gasteiger partial charge on any atom is 0.106 e. The quantitative estimate of drug-likeness (QED) is 0.704. The summed E-state index contributed by atoms with van der Waals surface area (Å²) in [6.07, 6.45) is 7.00. The molecule has 2 heterocycles. The number of carbonyl (C=O) groups excluding carboxylic acids is 1. The molecule has 4 nitrogen and oxygen atoms in total. The Hall–Kier alpha value is -1.78. The van der Waals surface area contributed by atoms with Gasteiger partial charge in [0.2, 0.25) is 0 Å². The Balaban J connectivity index is -0.000000165. The van der Waals surface area contributed by atoms with E-state index in [2.05, 4.69) is 9.97 Å². The Morgan fingerprint density at radius 1 is 0.625 bits per heavy atom. The van der Waals surface area contributed by atoms with Gasteiger partial charge < -0.3 is 10.3 Å². The third-order valence-corrected chi connectivity index (χ3v) is 1.13. The van der Waals surface area contributed by atoms with Crippen LogP contribution in [0.4, 0.5) is 0 Å². The van der Waals surface area contributed by atoms with E-state index in [1.165, 1.54) is 0 Å². The van der Waals surface area contributed by atoms with E-state index in [9.17, 15) is 0 Å². The Kier molecular flexibility index (Phi) is 23.3. The van der Waals surface area contributed by atoms with Gasteiger partial charge in [-0.05, 0) is 24.3 Å². The maximum absolute atomic E-state index is 8.00. The van der Waals surface area contributed by atoms with E-state index >= 15 is 0 Å². The third-order valence-electron chi connectivity index (χ3n) is 1.13. The molecule has 88 valence electrons. The van der Waals surface area contributed by atoms with E-state index in [1.807, 2.05) is 43.2 Å². The van der Waals surface area contributed by atoms with E-state index in [0.29, 0.717) is 0 Å². The van der Waals surface area contributed by atoms with Crippen LogP contribution in [0.25, 0.3) is 0 Å². The fourth-order valence-electron chi connectivity index (χ4n) is 0.625. The number of nitrogens with zero attached hydrogens (tertiary/aromatic N) is 2. The standard InChI is InChI=1S/2C5H5N.CH2O.ClH.H2O/c2*1-2-4-6-5-3-1;1-2;;/h2*1-5H;1H2;1H;1H2. The zero-order chi connectivity index (χ0) is 10.5. The van der Waals surface area contributed by atoms with Crippen molar-refractivity contribution in [2.45, 2.75) is 0 Å². The highest BCUT2D eigenvalue weighted by molar-refractivity contribution is 5.85. The largest absolute Gasteiger partial charge is 0.412 e. The van der Waals surface area contributed by atoms with Gasteiger partial charge in [0.25, 0.3) is 0 Å². The Morgan fingerprint density at radius 3 is 0.938 bits per heavy atom. The van der Waals surface area contributed by atoms with Crippen LogP contribution in [-0.4, -0.2) is 22.2 Å². The van der Waals surface area contributed by atoms with Crippen molar-refractivity contribution in [3.8, 4) is 0 Å². The Morgan fingerprint density at radius 2 is 0.875 bits per heavy atom. The molecule has 0 aromatic carbocycles. The van der Waals surface area contributed by atoms with Crippen molar-refractivity contribution in [1.29, 1.82) is 0 Å². The molecule has 0 aliphatic heterocycles. The molecule has 0 bridgehead atoms. The number of hydrogen-bond donors (Lipinski definition) is 0. The highest BCUT2D eigenvalue weighted by Gasteiger charge is 1.59. The summed E-state index contributed by atoms with van der Waals surface area (Å²) in [6, 6.07) is 11.4. The fraction of sp³-hybridized carbons (Fsp3) is 0. The second-order valence-corrected chi connectivity index (χ2v) is 2.05. The fourth-order valence-corrected chi connectivity index (χ4v) is 0.625. The predicted molar refractivity (Wildman–Crippen MR) is 66.5 cm³/mol. The number of rotatable bonds is 0. The zero-order valence-electron chi connectivity index (χ0n) is 8.69. The van der Waals surface area contributed by atoms with Crippen LogP contribution < -0.4 is 0 Å². The molecule has 16 heavy (non-hydrogen) atoms. The molecule has 0 spiro atoms. The molecule has 0 saturated carbocycles. The maximum atomic E-state index is 8.00. The first-order valence-corrected chi connectivity index (χ1v) is 3.99. The monoisotopic (exact) mass is 242 g/mol. The molecule has 0 saturated heterocycles. The first-order valence-electron chi connectivity index (χ1n) is 3.99. The third kappa shape index (κ3) is 14.7. The number of carbonyl (C=O) groups is 1. The van der Waals surface area contributed by atoms with Crippen molar-refractivity contribution in [3.05, 3.63) is 61.2 Å². The lowest BCUT2D eigenvalue weighted by atomic mass is 10.5. The van der Waals surface area contributed by atoms with Crippen LogP contribution in [0, 0.1) is 0 Å². The molecule has 0 aliphatic carbocycles. The van der Waals surface area contributed by atoms with Gasteiger partial charge in [0.1, 0.15) is 6.79 Å². The summed E-state index contributed by atoms with van der Waals surface area (Å²) in [5, 5.41) is 0. The van der Waals surface area contributed by atoms with E-state index in [1.54, 1.807) is 24.8 Å². The zero-order valence-corrected chi connectivity index (χ0v) is 9.51. The van der Waals surface area contributed by atoms with Gasteiger partial charge in [0.15, 0.2) is 0 Å². The summed E-state index contributed by atoms with van der Waals surface area (Å²) in [7, 11) is 0. The van der Waals surface area contributed by atoms with Crippen molar-refractivity contribution in [2.75, 3.05) is 0 Å². The lowest BCUT2D eigenvalue weighted by molar-refractivity contribution is -0.0979. The van der Waals surface area contributed by atoms with Crippen LogP contribution in [0.1, 0.15) is 0 Å². The molecule has 0 unspecified atom stereocenters. The first-order chi connectivity index (χ1) is 7.00. The smallest absolute Gasteiger partial charge is 0.106 e. The Bertz CT molecular complexity index is 210. The second kappa shape index (κ2) is 18.9. The molecule has 2 aromatic rings. The van der Waals surface area contributed by atoms with Gasteiger partial charge in [0.05, 0.1) is 0 Å². The minimum atomic E-state index is 0. The van der Waals surface area contributed by atoms with Gasteiger partial charge in [-0.1, -0.05) is 12.1 Å². The summed E-state index contributed by atoms with van der Waals surface area (Å²) in [6.45, 7) is 2.00. The molecule has 0 fully saturated rings. The van der Waals surface area contributed by atoms with Crippen LogP contribution >= 0.6 is 12.4 Å². The van der Waals surface area contributed by atoms with Gasteiger partial charge in [-0.25, -0.2) is 0 Å². The molecular formula is C11H15ClN2O2. The summed E-state index contributed by atoms with van der Waals surface area (Å²) < 4.78 is 0. The average Bonchev–Trinajstić information content (AvgIpc) is 2.37. The number of pyridine rings is 2. The van der Waals surface area contributed by atoms with Crippen LogP contribution in [0.5, 0.6) is 0 Å². The first kappa shape index (κ1) is 19.7. The van der Waals surface area contributed by atoms with Crippen molar-refractivity contribution in [1.82, 2.24) is 9.97 Å². The van der Waals surface area contributed by atoms with Gasteiger partial charge >= 0.3 is 0 Å². The lowest BCUT2D eigenvalue weighted by Gasteiger charge is -1.70. The van der Waals surface area contributed by atoms with E-state index < -0.39 is 0 Å². The SMILES string of the molecule is C=O.Cl.O.c1ccncc1.c1ccncc1. The summed E-state index contributed by atoms with van der Waals surface area (Å²) in [5.74, 6) is 0. The molecule has 0 aliphatic rings. The molecular weight excluding hydrogens is 228 g/mol. The highest BCUT2D eigenvalue weighted by Crippen LogP contribution is 1.74. The van der Waals surface area contributed by atoms with E-state index in [-0.39, 0.29) is 17.9 Å². The molecule has 2 rings (SSSR count). The second-order valence-electron chi connectivity index (χ2n) is 2.05. The van der Waals surface area contributed by atoms with Gasteiger partial charge in [-0.15, -0.1) is 12.4 Å². The molecule has 0 radical (unpaired) electrons. The van der Waals surface area contributed by atoms with Crippen molar-refractivity contribution >= 4 is 19.2 Å². The van der Waals surface area contributed by atoms with Gasteiger partial charge in [0, 0.05) is 24.8 Å². The highest BCUT2D eigenvalue weighted by atomic mass is 35.5. The van der Waals surface area contributed by atoms with Crippen molar-refractivity contribution in [2.24, 2.45) is 0 Å². The molecule has 2 N–H and O–H groups in total. The summed E-state index contributed by atoms with van der Waals surface area (Å²) in [4.78, 5) is 15.6. The topological polar surface area (TPSA) is 74.3 Å². The van der Waals surface area contributed by atoms with Crippen LogP contribution in [0.2, 0.25) is 0 Å². The summed E-state index contributed by atoms with van der Waals surface area (Å²) in [5.41, 5.74) is 0. The van der Waals surface area contributed by atoms with Crippen molar-refractivity contribution < 1.29 is 10.3 Å². The van der Waals surface area contributed by atoms with Crippen LogP contribution in [0.15, 0.2) is 61.2 Å². The molecule has 5 heteroatoms. The predicted octanol–water partition coefficient (Wildman–Crippen LogP) is 1.58. The minimum absolute atomic E-state index is 0. The van der Waals surface area contributed by atoms with E-state index in [4.69, 9.17) is 4.79 Å². The number of hydrogen-bond acceptors (Lipinski definition) is 3. The minimum Gasteiger partial charge on any atom is -0.412 e. The number of halogens is 1. The van der Waals surface area contributed by atoms with Crippen LogP contribution in [0.3, 0.4) is 0 Å². The van der Waals surface area contributed by atoms with Gasteiger partial charge in [-0.3, -0.25) is 9.97 Å². The lowest BCUT2D eigenvalue weighted by Crippen LogP contribution is -1.58. The Labute approximate surface area is 101 Å². The molecule has 2 aromatic heterocycles. The summed E-state index contributed by atoms with van der Waals surface area (Å²) >= 11 is 0.